The number of hydrogen-bond acceptors (Lipinski definition) is 4. The summed E-state index contributed by atoms with van der Waals surface area (Å²) in [4.78, 5) is 22.6. The molecule has 0 heterocycles. The van der Waals surface area contributed by atoms with Crippen LogP contribution in [-0.2, 0) is 20.9 Å². The molecule has 24 heavy (non-hydrogen) atoms. The molecule has 1 aromatic carbocycles. The first-order valence-corrected chi connectivity index (χ1v) is 6.93. The van der Waals surface area contributed by atoms with Crippen molar-refractivity contribution < 1.29 is 37.3 Å². The fourth-order valence-corrected chi connectivity index (χ4v) is 1.46. The van der Waals surface area contributed by atoms with E-state index in [0.717, 1.165) is 13.8 Å². The molecule has 0 saturated carbocycles. The molecule has 134 valence electrons. The van der Waals surface area contributed by atoms with Gasteiger partial charge in [0.25, 0.3) is 0 Å². The Kier molecular flexibility index (Phi) is 6.59. The molecular formula is C15H18F3NO5. The summed E-state index contributed by atoms with van der Waals surface area (Å²) in [6.45, 7) is 0.565. The van der Waals surface area contributed by atoms with Crippen LogP contribution < -0.4 is 5.32 Å². The Labute approximate surface area is 136 Å². The number of amides is 1. The molecule has 0 bridgehead atoms. The lowest BCUT2D eigenvalue weighted by molar-refractivity contribution is -0.264. The van der Waals surface area contributed by atoms with E-state index in [4.69, 9.17) is 9.84 Å². The highest BCUT2D eigenvalue weighted by Gasteiger charge is 2.49. The van der Waals surface area contributed by atoms with E-state index in [0.29, 0.717) is 5.56 Å². The summed E-state index contributed by atoms with van der Waals surface area (Å²) in [5.74, 6) is -1.54. The molecule has 0 fully saturated rings. The van der Waals surface area contributed by atoms with Gasteiger partial charge in [0.15, 0.2) is 11.6 Å². The fourth-order valence-electron chi connectivity index (χ4n) is 1.46. The SMILES string of the molecule is CC(C)(OC[C@H](NC(=O)OCc1ccccc1)C(=O)O)C(F)(F)F. The summed E-state index contributed by atoms with van der Waals surface area (Å²) in [6, 6.07) is 6.93. The number of benzene rings is 1. The lowest BCUT2D eigenvalue weighted by Crippen LogP contribution is -2.49. The van der Waals surface area contributed by atoms with Gasteiger partial charge in [-0.25, -0.2) is 9.59 Å². The van der Waals surface area contributed by atoms with Crippen molar-refractivity contribution in [2.75, 3.05) is 6.61 Å². The van der Waals surface area contributed by atoms with E-state index >= 15 is 0 Å². The molecule has 1 amide bonds. The van der Waals surface area contributed by atoms with Crippen LogP contribution in [0.3, 0.4) is 0 Å². The molecule has 0 radical (unpaired) electrons. The average Bonchev–Trinajstić information content (AvgIpc) is 2.49. The van der Waals surface area contributed by atoms with E-state index in [1.54, 1.807) is 30.3 Å². The number of carboxylic acid groups (broad SMARTS) is 1. The number of carbonyl (C=O) groups is 2. The third kappa shape index (κ3) is 6.07. The number of alkyl carbamates (subject to hydrolysis) is 1. The van der Waals surface area contributed by atoms with E-state index in [2.05, 4.69) is 4.74 Å². The molecule has 9 heteroatoms. The van der Waals surface area contributed by atoms with E-state index in [9.17, 15) is 22.8 Å². The summed E-state index contributed by atoms with van der Waals surface area (Å²) >= 11 is 0. The number of halogens is 3. The first kappa shape index (κ1) is 19.8. The molecule has 2 N–H and O–H groups in total. The Morgan fingerprint density at radius 1 is 1.21 bits per heavy atom. The van der Waals surface area contributed by atoms with Gasteiger partial charge in [-0.2, -0.15) is 13.2 Å². The van der Waals surface area contributed by atoms with Gasteiger partial charge in [-0.1, -0.05) is 30.3 Å². The quantitative estimate of drug-likeness (QED) is 0.791. The zero-order valence-electron chi connectivity index (χ0n) is 13.1. The summed E-state index contributed by atoms with van der Waals surface area (Å²) in [5.41, 5.74) is -1.87. The minimum absolute atomic E-state index is 0.103. The van der Waals surface area contributed by atoms with Gasteiger partial charge >= 0.3 is 18.2 Å². The van der Waals surface area contributed by atoms with Gasteiger partial charge in [-0.15, -0.1) is 0 Å². The Morgan fingerprint density at radius 2 is 1.79 bits per heavy atom. The molecule has 0 aliphatic rings. The lowest BCUT2D eigenvalue weighted by atomic mass is 10.1. The molecule has 0 spiro atoms. The smallest absolute Gasteiger partial charge is 0.416 e. The fraction of sp³-hybridized carbons (Fsp3) is 0.467. The number of aliphatic carboxylic acids is 1. The maximum absolute atomic E-state index is 12.7. The monoisotopic (exact) mass is 349 g/mol. The third-order valence-electron chi connectivity index (χ3n) is 3.10. The summed E-state index contributed by atoms with van der Waals surface area (Å²) in [5, 5.41) is 10.9. The molecule has 6 nitrogen and oxygen atoms in total. The highest BCUT2D eigenvalue weighted by molar-refractivity contribution is 5.80. The first-order chi connectivity index (χ1) is 11.0. The van der Waals surface area contributed by atoms with Crippen LogP contribution in [0.1, 0.15) is 19.4 Å². The van der Waals surface area contributed by atoms with Gasteiger partial charge in [0, 0.05) is 0 Å². The van der Waals surface area contributed by atoms with E-state index < -0.39 is 36.5 Å². The van der Waals surface area contributed by atoms with Crippen LogP contribution in [-0.4, -0.2) is 41.6 Å². The molecule has 0 unspecified atom stereocenters. The van der Waals surface area contributed by atoms with Crippen molar-refractivity contribution in [3.05, 3.63) is 35.9 Å². The number of carboxylic acids is 1. The van der Waals surface area contributed by atoms with Gasteiger partial charge in [-0.3, -0.25) is 0 Å². The van der Waals surface area contributed by atoms with Gasteiger partial charge in [0.2, 0.25) is 0 Å². The second-order valence-electron chi connectivity index (χ2n) is 5.42. The van der Waals surface area contributed by atoms with E-state index in [1.165, 1.54) is 0 Å². The van der Waals surface area contributed by atoms with E-state index in [-0.39, 0.29) is 6.61 Å². The average molecular weight is 349 g/mol. The molecule has 0 aliphatic carbocycles. The Balaban J connectivity index is 2.54. The number of rotatable bonds is 7. The topological polar surface area (TPSA) is 84.9 Å². The van der Waals surface area contributed by atoms with Crippen molar-refractivity contribution in [3.8, 4) is 0 Å². The van der Waals surface area contributed by atoms with Crippen molar-refractivity contribution in [2.24, 2.45) is 0 Å². The van der Waals surface area contributed by atoms with Crippen molar-refractivity contribution >= 4 is 12.1 Å². The summed E-state index contributed by atoms with van der Waals surface area (Å²) in [6.07, 6.45) is -5.75. The maximum Gasteiger partial charge on any atom is 0.416 e. The van der Waals surface area contributed by atoms with Crippen molar-refractivity contribution in [1.29, 1.82) is 0 Å². The Hall–Kier alpha value is -2.29. The van der Waals surface area contributed by atoms with Crippen molar-refractivity contribution in [2.45, 2.75) is 38.3 Å². The number of alkyl halides is 3. The second-order valence-corrected chi connectivity index (χ2v) is 5.42. The van der Waals surface area contributed by atoms with Gasteiger partial charge in [0.05, 0.1) is 6.61 Å². The molecule has 1 rings (SSSR count). The van der Waals surface area contributed by atoms with Crippen LogP contribution >= 0.6 is 0 Å². The first-order valence-electron chi connectivity index (χ1n) is 6.93. The molecule has 0 aromatic heterocycles. The highest BCUT2D eigenvalue weighted by atomic mass is 19.4. The third-order valence-corrected chi connectivity index (χ3v) is 3.10. The molecule has 0 aliphatic heterocycles. The van der Waals surface area contributed by atoms with Gasteiger partial charge < -0.3 is 19.9 Å². The summed E-state index contributed by atoms with van der Waals surface area (Å²) < 4.78 is 47.4. The molecular weight excluding hydrogens is 331 g/mol. The van der Waals surface area contributed by atoms with Crippen molar-refractivity contribution in [3.63, 3.8) is 0 Å². The summed E-state index contributed by atoms with van der Waals surface area (Å²) in [7, 11) is 0. The molecule has 1 atom stereocenters. The largest absolute Gasteiger partial charge is 0.480 e. The Morgan fingerprint density at radius 3 is 2.29 bits per heavy atom. The standard InChI is InChI=1S/C15H18F3NO5/c1-14(2,15(16,17)18)24-9-11(12(20)21)19-13(22)23-8-10-6-4-3-5-7-10/h3-7,11H,8-9H2,1-2H3,(H,19,22)(H,20,21)/t11-/m0/s1. The zero-order chi connectivity index (χ0) is 18.4. The number of ether oxygens (including phenoxy) is 2. The minimum atomic E-state index is -4.68. The predicted molar refractivity (Wildman–Crippen MR) is 77.3 cm³/mol. The maximum atomic E-state index is 12.7. The van der Waals surface area contributed by atoms with Gasteiger partial charge in [-0.05, 0) is 19.4 Å². The number of hydrogen-bond donors (Lipinski definition) is 2. The van der Waals surface area contributed by atoms with Crippen LogP contribution in [0.2, 0.25) is 0 Å². The molecule has 1 aromatic rings. The lowest BCUT2D eigenvalue weighted by Gasteiger charge is -2.29. The minimum Gasteiger partial charge on any atom is -0.480 e. The van der Waals surface area contributed by atoms with Crippen LogP contribution in [0.5, 0.6) is 0 Å². The van der Waals surface area contributed by atoms with E-state index in [1.807, 2.05) is 5.32 Å². The second kappa shape index (κ2) is 8.00. The highest BCUT2D eigenvalue weighted by Crippen LogP contribution is 2.32. The zero-order valence-corrected chi connectivity index (χ0v) is 13.1. The van der Waals surface area contributed by atoms with Crippen LogP contribution in [0.15, 0.2) is 30.3 Å². The Bertz CT molecular complexity index is 560. The van der Waals surface area contributed by atoms with Crippen LogP contribution in [0, 0.1) is 0 Å². The number of carbonyl (C=O) groups excluding carboxylic acids is 1. The van der Waals surface area contributed by atoms with Crippen LogP contribution in [0.25, 0.3) is 0 Å². The predicted octanol–water partition coefficient (Wildman–Crippen LogP) is 2.72. The van der Waals surface area contributed by atoms with Crippen LogP contribution in [0.4, 0.5) is 18.0 Å². The van der Waals surface area contributed by atoms with Crippen molar-refractivity contribution in [1.82, 2.24) is 5.32 Å². The normalized spacial score (nSPS) is 13.2. The van der Waals surface area contributed by atoms with Gasteiger partial charge in [0.1, 0.15) is 6.61 Å². The molecule has 0 saturated heterocycles. The number of nitrogens with one attached hydrogen (secondary N) is 1.